The Morgan fingerprint density at radius 2 is 0.800 bits per heavy atom. The molecule has 16 valence electrons. The van der Waals surface area contributed by atoms with Crippen LogP contribution in [-0.2, 0) is 50.6 Å². The SMILES string of the molecule is [Zn].[Zn]=[As].[Zn]=[As]. The molecule has 0 spiro atoms. The van der Waals surface area contributed by atoms with Crippen LogP contribution in [0, 0.1) is 0 Å². The molecule has 0 unspecified atom stereocenters. The van der Waals surface area contributed by atoms with Gasteiger partial charge in [0.05, 0.1) is 0 Å². The van der Waals surface area contributed by atoms with Crippen molar-refractivity contribution in [3.8, 4) is 0 Å². The summed E-state index contributed by atoms with van der Waals surface area (Å²) in [6.07, 6.45) is 0. The molecular formula is As2Zn3. The first-order valence-corrected chi connectivity index (χ1v) is 17.1. The van der Waals surface area contributed by atoms with Crippen molar-refractivity contribution in [2.45, 2.75) is 0 Å². The van der Waals surface area contributed by atoms with Crippen LogP contribution in [0.4, 0.5) is 0 Å². The summed E-state index contributed by atoms with van der Waals surface area (Å²) >= 11 is 7.50. The van der Waals surface area contributed by atoms with Gasteiger partial charge in [0, 0.05) is 19.5 Å². The van der Waals surface area contributed by atoms with Crippen LogP contribution in [0.25, 0.3) is 0 Å². The van der Waals surface area contributed by atoms with E-state index in [0.29, 0.717) is 0 Å². The van der Waals surface area contributed by atoms with Crippen molar-refractivity contribution in [2.24, 2.45) is 0 Å². The van der Waals surface area contributed by atoms with Gasteiger partial charge in [-0.3, -0.25) is 0 Å². The van der Waals surface area contributed by atoms with Crippen LogP contribution < -0.4 is 0 Å². The van der Waals surface area contributed by atoms with Gasteiger partial charge >= 0.3 is 59.0 Å². The average Bonchev–Trinajstić information content (AvgIpc) is 1.50. The predicted octanol–water partition coefficient (Wildman–Crippen LogP) is -0.769. The van der Waals surface area contributed by atoms with E-state index in [1.807, 2.05) is 0 Å². The van der Waals surface area contributed by atoms with E-state index < -0.39 is 0 Å². The van der Waals surface area contributed by atoms with Crippen LogP contribution in [0.15, 0.2) is 0 Å². The molecule has 0 nitrogen and oxygen atoms in total. The van der Waals surface area contributed by atoms with E-state index >= 15 is 0 Å². The van der Waals surface area contributed by atoms with E-state index in [1.165, 1.54) is 31.1 Å². The Balaban J connectivity index is -0.0000000133. The molecule has 0 bridgehead atoms. The van der Waals surface area contributed by atoms with E-state index in [-0.39, 0.29) is 19.5 Å². The molecule has 0 rings (SSSR count). The molecule has 0 fully saturated rings. The van der Waals surface area contributed by atoms with Gasteiger partial charge in [-0.15, -0.1) is 0 Å². The first-order valence-electron chi connectivity index (χ1n) is 0.632. The molecular weight excluding hydrogens is 346 g/mol. The number of hydrogen-bond acceptors (Lipinski definition) is 0. The average molecular weight is 346 g/mol. The molecule has 0 saturated heterocycles. The number of hydrogen-bond donors (Lipinski definition) is 0. The Morgan fingerprint density at radius 3 is 0.800 bits per heavy atom. The standard InChI is InChI=1S/2As.3Zn. The fourth-order valence-corrected chi connectivity index (χ4v) is 0. The monoisotopic (exact) mass is 342 g/mol. The van der Waals surface area contributed by atoms with Crippen molar-refractivity contribution < 1.29 is 50.6 Å². The summed E-state index contributed by atoms with van der Waals surface area (Å²) in [5.41, 5.74) is 0. The third-order valence-corrected chi connectivity index (χ3v) is 0. The fraction of sp³-hybridized carbons (Fsp3) is 0. The van der Waals surface area contributed by atoms with Crippen molar-refractivity contribution in [1.82, 2.24) is 0 Å². The minimum absolute atomic E-state index is 0. The third-order valence-electron chi connectivity index (χ3n) is 0. The second kappa shape index (κ2) is 28.1. The van der Waals surface area contributed by atoms with E-state index in [1.54, 1.807) is 0 Å². The Kier molecular flexibility index (Phi) is 88.0. The molecule has 0 amide bonds. The van der Waals surface area contributed by atoms with Gasteiger partial charge in [0.15, 0.2) is 0 Å². The molecule has 0 N–H and O–H groups in total. The van der Waals surface area contributed by atoms with Crippen LogP contribution in [0.2, 0.25) is 0 Å². The molecule has 0 aromatic heterocycles. The van der Waals surface area contributed by atoms with Crippen molar-refractivity contribution in [2.75, 3.05) is 0 Å². The summed E-state index contributed by atoms with van der Waals surface area (Å²) in [6, 6.07) is 0. The summed E-state index contributed by atoms with van der Waals surface area (Å²) in [4.78, 5) is 0. The van der Waals surface area contributed by atoms with Crippen LogP contribution in [0.3, 0.4) is 0 Å². The Morgan fingerprint density at radius 1 is 0.800 bits per heavy atom. The van der Waals surface area contributed by atoms with E-state index in [2.05, 4.69) is 27.8 Å². The van der Waals surface area contributed by atoms with Gasteiger partial charge in [0.2, 0.25) is 0 Å². The first-order chi connectivity index (χ1) is 2.00. The molecule has 0 aliphatic rings. The third kappa shape index (κ3) is 19.5. The van der Waals surface area contributed by atoms with Crippen molar-refractivity contribution in [1.29, 1.82) is 0 Å². The quantitative estimate of drug-likeness (QED) is 0.506. The maximum atomic E-state index is 2.44. The predicted molar refractivity (Wildman–Crippen MR) is 11.5 cm³/mol. The zero-order valence-corrected chi connectivity index (χ0v) is 15.7. The first kappa shape index (κ1) is 15.7. The van der Waals surface area contributed by atoms with Gasteiger partial charge in [-0.2, -0.15) is 0 Å². The summed E-state index contributed by atoms with van der Waals surface area (Å²) in [5, 5.41) is 0. The van der Waals surface area contributed by atoms with Gasteiger partial charge < -0.3 is 0 Å². The van der Waals surface area contributed by atoms with Crippen molar-refractivity contribution in [3.63, 3.8) is 0 Å². The molecule has 0 aliphatic heterocycles. The van der Waals surface area contributed by atoms with Crippen molar-refractivity contribution >= 4 is 27.8 Å². The fourth-order valence-electron chi connectivity index (χ4n) is 0. The minimum atomic E-state index is 0. The topological polar surface area (TPSA) is 0 Å². The van der Waals surface area contributed by atoms with Gasteiger partial charge in [-0.25, -0.2) is 0 Å². The van der Waals surface area contributed by atoms with Gasteiger partial charge in [0.25, 0.3) is 0 Å². The molecule has 0 aromatic rings. The second-order valence-corrected chi connectivity index (χ2v) is 0. The zero-order valence-electron chi connectivity index (χ0n) is 3.02. The summed E-state index contributed by atoms with van der Waals surface area (Å²) in [7, 11) is 0. The van der Waals surface area contributed by atoms with E-state index in [9.17, 15) is 0 Å². The molecule has 5 heavy (non-hydrogen) atoms. The van der Waals surface area contributed by atoms with E-state index in [0.717, 1.165) is 0 Å². The zero-order chi connectivity index (χ0) is 4.00. The normalized spacial score (nSPS) is 2.40. The Labute approximate surface area is 77.0 Å². The summed E-state index contributed by atoms with van der Waals surface area (Å²) in [5.74, 6) is 0. The molecule has 5 heteroatoms. The van der Waals surface area contributed by atoms with Crippen molar-refractivity contribution in [3.05, 3.63) is 0 Å². The van der Waals surface area contributed by atoms with Gasteiger partial charge in [-0.05, 0) is 0 Å². The number of rotatable bonds is 0. The summed E-state index contributed by atoms with van der Waals surface area (Å²) < 4.78 is 0. The Hall–Kier alpha value is 2.99. The van der Waals surface area contributed by atoms with Crippen LogP contribution in [-0.4, -0.2) is 27.8 Å². The molecule has 0 aromatic carbocycles. The van der Waals surface area contributed by atoms with Gasteiger partial charge in [-0.1, -0.05) is 0 Å². The van der Waals surface area contributed by atoms with E-state index in [4.69, 9.17) is 0 Å². The molecule has 0 saturated carbocycles. The van der Waals surface area contributed by atoms with Crippen LogP contribution in [0.1, 0.15) is 0 Å². The van der Waals surface area contributed by atoms with Crippen LogP contribution >= 0.6 is 0 Å². The molecule has 0 heterocycles. The molecule has 2 radical (unpaired) electrons. The van der Waals surface area contributed by atoms with Crippen LogP contribution in [0.5, 0.6) is 0 Å². The van der Waals surface area contributed by atoms with Gasteiger partial charge in [0.1, 0.15) is 0 Å². The maximum absolute atomic E-state index is 2.44. The second-order valence-electron chi connectivity index (χ2n) is 0. The Bertz CT molecular complexity index is 6.85. The summed E-state index contributed by atoms with van der Waals surface area (Å²) in [6.45, 7) is 0. The molecule has 0 aliphatic carbocycles. The molecule has 0 atom stereocenters.